The molecule has 1 aromatic heterocycles. The fourth-order valence-electron chi connectivity index (χ4n) is 2.72. The van der Waals surface area contributed by atoms with Crippen molar-refractivity contribution in [2.24, 2.45) is 0 Å². The van der Waals surface area contributed by atoms with Gasteiger partial charge in [0.2, 0.25) is 5.89 Å². The van der Waals surface area contributed by atoms with Gasteiger partial charge in [-0.15, -0.1) is 5.10 Å². The highest BCUT2D eigenvalue weighted by atomic mass is 16.6. The molecule has 1 aromatic rings. The van der Waals surface area contributed by atoms with Crippen molar-refractivity contribution in [3.8, 4) is 0 Å². The second-order valence-electron chi connectivity index (χ2n) is 6.60. The first kappa shape index (κ1) is 15.5. The number of hydroxylamine groups is 2. The van der Waals surface area contributed by atoms with Crippen LogP contribution in [0.25, 0.3) is 0 Å². The highest BCUT2D eigenvalue weighted by molar-refractivity contribution is 5.82. The fraction of sp³-hybridized carbons (Fsp3) is 0.692. The van der Waals surface area contributed by atoms with Crippen molar-refractivity contribution in [2.75, 3.05) is 11.9 Å². The van der Waals surface area contributed by atoms with Crippen LogP contribution in [-0.4, -0.2) is 55.7 Å². The molecule has 3 rings (SSSR count). The molecule has 3 amide bonds. The Bertz CT molecular complexity index is 625. The lowest BCUT2D eigenvalue weighted by Crippen LogP contribution is -2.34. The molecule has 2 saturated heterocycles. The highest BCUT2D eigenvalue weighted by Gasteiger charge is 2.46. The molecule has 0 aromatic carbocycles. The van der Waals surface area contributed by atoms with Gasteiger partial charge in [0.15, 0.2) is 0 Å². The SMILES string of the molecule is CC(C)(C)OC(=O)Nc1nnc(C2CCC3CN2C(=O)N3O)o1. The minimum atomic E-state index is -0.699. The molecule has 10 heteroatoms. The van der Waals surface area contributed by atoms with Crippen LogP contribution in [0.2, 0.25) is 0 Å². The molecule has 2 atom stereocenters. The number of rotatable bonds is 2. The average molecular weight is 325 g/mol. The molecule has 2 bridgehead atoms. The van der Waals surface area contributed by atoms with E-state index in [1.165, 1.54) is 4.90 Å². The van der Waals surface area contributed by atoms with E-state index in [0.29, 0.717) is 19.4 Å². The lowest BCUT2D eigenvalue weighted by molar-refractivity contribution is -0.0584. The molecule has 0 saturated carbocycles. The number of nitrogens with zero attached hydrogens (tertiary/aromatic N) is 4. The predicted octanol–water partition coefficient (Wildman–Crippen LogP) is 1.75. The molecule has 0 spiro atoms. The number of piperidine rings is 1. The number of hydrogen-bond donors (Lipinski definition) is 2. The van der Waals surface area contributed by atoms with Crippen molar-refractivity contribution in [3.63, 3.8) is 0 Å². The Morgan fingerprint density at radius 2 is 2.13 bits per heavy atom. The third-order valence-electron chi connectivity index (χ3n) is 3.68. The first-order chi connectivity index (χ1) is 10.7. The van der Waals surface area contributed by atoms with Gasteiger partial charge in [-0.1, -0.05) is 5.10 Å². The Hall–Kier alpha value is -2.36. The maximum atomic E-state index is 11.9. The van der Waals surface area contributed by atoms with Gasteiger partial charge in [0, 0.05) is 6.54 Å². The molecule has 126 valence electrons. The molecular weight excluding hydrogens is 306 g/mol. The van der Waals surface area contributed by atoms with Crippen molar-refractivity contribution in [1.29, 1.82) is 0 Å². The Morgan fingerprint density at radius 1 is 1.39 bits per heavy atom. The zero-order valence-electron chi connectivity index (χ0n) is 13.1. The van der Waals surface area contributed by atoms with Crippen LogP contribution in [0, 0.1) is 0 Å². The van der Waals surface area contributed by atoms with Crippen molar-refractivity contribution >= 4 is 18.1 Å². The standard InChI is InChI=1S/C13H19N5O5/c1-13(2,3)23-11(19)14-10-16-15-9(22-10)8-5-4-7-6-17(8)12(20)18(7)21/h7-8,21H,4-6H2,1-3H3,(H,14,16,19). The highest BCUT2D eigenvalue weighted by Crippen LogP contribution is 2.37. The summed E-state index contributed by atoms with van der Waals surface area (Å²) < 4.78 is 10.5. The summed E-state index contributed by atoms with van der Waals surface area (Å²) in [5.74, 6) is 0.221. The first-order valence-corrected chi connectivity index (χ1v) is 7.37. The van der Waals surface area contributed by atoms with Crippen molar-refractivity contribution < 1.29 is 24.0 Å². The number of amides is 3. The summed E-state index contributed by atoms with van der Waals surface area (Å²) in [6.45, 7) is 5.63. The Morgan fingerprint density at radius 3 is 2.83 bits per heavy atom. The van der Waals surface area contributed by atoms with Gasteiger partial charge in [-0.3, -0.25) is 5.21 Å². The maximum Gasteiger partial charge on any atom is 0.415 e. The predicted molar refractivity (Wildman–Crippen MR) is 75.6 cm³/mol. The zero-order valence-corrected chi connectivity index (χ0v) is 13.1. The van der Waals surface area contributed by atoms with Crippen LogP contribution in [0.1, 0.15) is 45.5 Å². The molecule has 10 nitrogen and oxygen atoms in total. The van der Waals surface area contributed by atoms with E-state index in [0.717, 1.165) is 5.06 Å². The van der Waals surface area contributed by atoms with Crippen LogP contribution in [0.3, 0.4) is 0 Å². The van der Waals surface area contributed by atoms with E-state index in [2.05, 4.69) is 15.5 Å². The van der Waals surface area contributed by atoms with Gasteiger partial charge < -0.3 is 14.1 Å². The Kier molecular flexibility index (Phi) is 3.63. The summed E-state index contributed by atoms with van der Waals surface area (Å²) >= 11 is 0. The van der Waals surface area contributed by atoms with Gasteiger partial charge in [-0.2, -0.15) is 0 Å². The monoisotopic (exact) mass is 325 g/mol. The van der Waals surface area contributed by atoms with E-state index in [1.54, 1.807) is 20.8 Å². The molecule has 0 radical (unpaired) electrons. The van der Waals surface area contributed by atoms with E-state index in [1.807, 2.05) is 0 Å². The largest absolute Gasteiger partial charge is 0.443 e. The molecule has 2 aliphatic heterocycles. The summed E-state index contributed by atoms with van der Waals surface area (Å²) in [6.07, 6.45) is 0.539. The average Bonchev–Trinajstić information content (AvgIpc) is 2.98. The molecular formula is C13H19N5O5. The summed E-state index contributed by atoms with van der Waals surface area (Å²) in [7, 11) is 0. The smallest absolute Gasteiger partial charge is 0.415 e. The summed E-state index contributed by atoms with van der Waals surface area (Å²) in [4.78, 5) is 25.1. The van der Waals surface area contributed by atoms with Gasteiger partial charge in [0.05, 0.1) is 6.04 Å². The van der Waals surface area contributed by atoms with Crippen molar-refractivity contribution in [3.05, 3.63) is 5.89 Å². The normalized spacial score (nSPS) is 24.1. The first-order valence-electron chi connectivity index (χ1n) is 7.37. The van der Waals surface area contributed by atoms with Crippen LogP contribution in [0.15, 0.2) is 4.42 Å². The summed E-state index contributed by atoms with van der Waals surface area (Å²) in [5.41, 5.74) is -0.641. The van der Waals surface area contributed by atoms with E-state index in [-0.39, 0.29) is 17.9 Å². The number of anilines is 1. The third-order valence-corrected chi connectivity index (χ3v) is 3.68. The molecule has 23 heavy (non-hydrogen) atoms. The lowest BCUT2D eigenvalue weighted by atomic mass is 10.0. The molecule has 0 aliphatic carbocycles. The van der Waals surface area contributed by atoms with Crippen molar-refractivity contribution in [1.82, 2.24) is 20.2 Å². The number of aromatic nitrogens is 2. The second-order valence-corrected chi connectivity index (χ2v) is 6.60. The molecule has 2 fully saturated rings. The number of carbonyl (C=O) groups excluding carboxylic acids is 2. The molecule has 2 N–H and O–H groups in total. The lowest BCUT2D eigenvalue weighted by Gasteiger charge is -2.27. The molecule has 2 aliphatic rings. The van der Waals surface area contributed by atoms with Gasteiger partial charge in [0.25, 0.3) is 0 Å². The number of nitrogens with one attached hydrogen (secondary N) is 1. The van der Waals surface area contributed by atoms with Gasteiger partial charge in [0.1, 0.15) is 11.6 Å². The Balaban J connectivity index is 1.68. The quantitative estimate of drug-likeness (QED) is 0.794. The van der Waals surface area contributed by atoms with Crippen LogP contribution >= 0.6 is 0 Å². The number of hydrogen-bond acceptors (Lipinski definition) is 7. The van der Waals surface area contributed by atoms with E-state index < -0.39 is 23.8 Å². The number of fused-ring (bicyclic) bond motifs is 2. The topological polar surface area (TPSA) is 121 Å². The minimum absolute atomic E-state index is 0.0936. The van der Waals surface area contributed by atoms with Gasteiger partial charge in [-0.25, -0.2) is 20.0 Å². The maximum absolute atomic E-state index is 11.9. The van der Waals surface area contributed by atoms with Crippen LogP contribution in [0.4, 0.5) is 15.6 Å². The summed E-state index contributed by atoms with van der Waals surface area (Å²) in [6, 6.07) is -1.17. The van der Waals surface area contributed by atoms with Gasteiger partial charge >= 0.3 is 18.1 Å². The van der Waals surface area contributed by atoms with E-state index >= 15 is 0 Å². The number of ether oxygens (including phenoxy) is 1. The molecule has 2 unspecified atom stereocenters. The van der Waals surface area contributed by atoms with Crippen LogP contribution in [-0.2, 0) is 4.74 Å². The zero-order chi connectivity index (χ0) is 16.8. The number of carbonyl (C=O) groups is 2. The molecule has 3 heterocycles. The van der Waals surface area contributed by atoms with Crippen LogP contribution < -0.4 is 5.32 Å². The van der Waals surface area contributed by atoms with Gasteiger partial charge in [-0.05, 0) is 33.6 Å². The van der Waals surface area contributed by atoms with Crippen LogP contribution in [0.5, 0.6) is 0 Å². The number of urea groups is 1. The summed E-state index contributed by atoms with van der Waals surface area (Å²) in [5, 5.41) is 20.4. The Labute approximate surface area is 132 Å². The van der Waals surface area contributed by atoms with E-state index in [4.69, 9.17) is 9.15 Å². The van der Waals surface area contributed by atoms with E-state index in [9.17, 15) is 14.8 Å². The minimum Gasteiger partial charge on any atom is -0.443 e. The third kappa shape index (κ3) is 3.07. The second kappa shape index (κ2) is 5.37. The fourth-order valence-corrected chi connectivity index (χ4v) is 2.72. The van der Waals surface area contributed by atoms with Crippen molar-refractivity contribution in [2.45, 2.75) is 51.3 Å².